The van der Waals surface area contributed by atoms with E-state index in [4.69, 9.17) is 4.74 Å². The second-order valence-electron chi connectivity index (χ2n) is 6.70. The van der Waals surface area contributed by atoms with Gasteiger partial charge in [-0.15, -0.1) is 0 Å². The van der Waals surface area contributed by atoms with E-state index in [2.05, 4.69) is 21.3 Å². The molecule has 5 nitrogen and oxygen atoms in total. The Bertz CT molecular complexity index is 731. The lowest BCUT2D eigenvalue weighted by Gasteiger charge is -2.32. The van der Waals surface area contributed by atoms with Crippen LogP contribution < -0.4 is 10.1 Å². The number of nitrogens with one attached hydrogen (secondary N) is 1. The van der Waals surface area contributed by atoms with E-state index in [1.165, 1.54) is 11.6 Å². The first-order chi connectivity index (χ1) is 12.6. The molecule has 2 heterocycles. The second-order valence-corrected chi connectivity index (χ2v) is 6.70. The van der Waals surface area contributed by atoms with Gasteiger partial charge in [0.1, 0.15) is 0 Å². The molecule has 0 aliphatic carbocycles. The van der Waals surface area contributed by atoms with Crippen molar-refractivity contribution in [3.8, 4) is 5.75 Å². The number of amides is 1. The highest BCUT2D eigenvalue weighted by atomic mass is 19.1. The molecule has 2 aromatic rings. The normalized spacial score (nSPS) is 15.6. The molecule has 1 amide bonds. The number of pyridine rings is 1. The van der Waals surface area contributed by atoms with E-state index < -0.39 is 5.82 Å². The fourth-order valence-corrected chi connectivity index (χ4v) is 3.12. The Kier molecular flexibility index (Phi) is 6.17. The van der Waals surface area contributed by atoms with Crippen LogP contribution in [0.4, 0.5) is 4.39 Å². The maximum absolute atomic E-state index is 13.6. The van der Waals surface area contributed by atoms with E-state index >= 15 is 0 Å². The number of nitrogens with zero attached hydrogens (tertiary/aromatic N) is 2. The monoisotopic (exact) mass is 357 g/mol. The van der Waals surface area contributed by atoms with Crippen LogP contribution in [-0.4, -0.2) is 41.5 Å². The highest BCUT2D eigenvalue weighted by molar-refractivity contribution is 5.77. The van der Waals surface area contributed by atoms with Gasteiger partial charge in [0.05, 0.1) is 0 Å². The standard InChI is InChI=1S/C20H24FN3O2/c1-15-4-5-18(21)19(11-15)26-14-20(25)23-17-6-9-24(10-7-17)13-16-3-2-8-22-12-16/h2-5,8,11-12,17H,6-7,9-10,13-14H2,1H3,(H,23,25). The van der Waals surface area contributed by atoms with Crippen LogP contribution in [0.25, 0.3) is 0 Å². The van der Waals surface area contributed by atoms with Crippen LogP contribution in [0.15, 0.2) is 42.7 Å². The average Bonchev–Trinajstić information content (AvgIpc) is 2.65. The number of halogens is 1. The van der Waals surface area contributed by atoms with Crippen molar-refractivity contribution in [3.05, 3.63) is 59.7 Å². The zero-order valence-electron chi connectivity index (χ0n) is 15.0. The first kappa shape index (κ1) is 18.3. The summed E-state index contributed by atoms with van der Waals surface area (Å²) >= 11 is 0. The molecule has 138 valence electrons. The van der Waals surface area contributed by atoms with E-state index in [0.29, 0.717) is 0 Å². The quantitative estimate of drug-likeness (QED) is 0.864. The van der Waals surface area contributed by atoms with E-state index in [-0.39, 0.29) is 24.3 Å². The highest BCUT2D eigenvalue weighted by Crippen LogP contribution is 2.18. The fraction of sp³-hybridized carbons (Fsp3) is 0.400. The van der Waals surface area contributed by atoms with Gasteiger partial charge in [-0.25, -0.2) is 4.39 Å². The minimum absolute atomic E-state index is 0.117. The predicted octanol–water partition coefficient (Wildman–Crippen LogP) is 2.69. The van der Waals surface area contributed by atoms with Crippen molar-refractivity contribution >= 4 is 5.91 Å². The number of hydrogen-bond donors (Lipinski definition) is 1. The van der Waals surface area contributed by atoms with Crippen LogP contribution in [0, 0.1) is 12.7 Å². The van der Waals surface area contributed by atoms with Gasteiger partial charge in [0, 0.05) is 38.1 Å². The van der Waals surface area contributed by atoms with Crippen LogP contribution in [0.3, 0.4) is 0 Å². The summed E-state index contributed by atoms with van der Waals surface area (Å²) in [6, 6.07) is 8.77. The molecule has 1 aliphatic rings. The smallest absolute Gasteiger partial charge is 0.258 e. The Labute approximate surface area is 153 Å². The van der Waals surface area contributed by atoms with Crippen molar-refractivity contribution in [3.63, 3.8) is 0 Å². The number of carbonyl (C=O) groups excluding carboxylic acids is 1. The topological polar surface area (TPSA) is 54.5 Å². The number of aryl methyl sites for hydroxylation is 1. The number of ether oxygens (including phenoxy) is 1. The van der Waals surface area contributed by atoms with E-state index in [1.807, 2.05) is 19.2 Å². The lowest BCUT2D eigenvalue weighted by Crippen LogP contribution is -2.45. The number of carbonyl (C=O) groups is 1. The highest BCUT2D eigenvalue weighted by Gasteiger charge is 2.21. The summed E-state index contributed by atoms with van der Waals surface area (Å²) in [6.45, 7) is 4.41. The summed E-state index contributed by atoms with van der Waals surface area (Å²) in [7, 11) is 0. The van der Waals surface area contributed by atoms with Gasteiger partial charge in [0.25, 0.3) is 5.91 Å². The average molecular weight is 357 g/mol. The third-order valence-corrected chi connectivity index (χ3v) is 4.53. The predicted molar refractivity (Wildman–Crippen MR) is 97.3 cm³/mol. The summed E-state index contributed by atoms with van der Waals surface area (Å²) in [5, 5.41) is 2.98. The van der Waals surface area contributed by atoms with Crippen LogP contribution in [0.5, 0.6) is 5.75 Å². The van der Waals surface area contributed by atoms with Gasteiger partial charge < -0.3 is 10.1 Å². The third kappa shape index (κ3) is 5.26. The van der Waals surface area contributed by atoms with Gasteiger partial charge in [-0.2, -0.15) is 0 Å². The molecule has 1 aromatic heterocycles. The Morgan fingerprint density at radius 3 is 2.88 bits per heavy atom. The minimum atomic E-state index is -0.452. The number of likely N-dealkylation sites (tertiary alicyclic amines) is 1. The summed E-state index contributed by atoms with van der Waals surface area (Å²) in [5.74, 6) is -0.546. The molecule has 0 radical (unpaired) electrons. The number of piperidine rings is 1. The SMILES string of the molecule is Cc1ccc(F)c(OCC(=O)NC2CCN(Cc3cccnc3)CC2)c1. The number of aromatic nitrogens is 1. The molecule has 1 saturated heterocycles. The van der Waals surface area contributed by atoms with Crippen LogP contribution in [-0.2, 0) is 11.3 Å². The molecule has 0 atom stereocenters. The van der Waals surface area contributed by atoms with Gasteiger partial charge >= 0.3 is 0 Å². The largest absolute Gasteiger partial charge is 0.481 e. The van der Waals surface area contributed by atoms with Crippen molar-refractivity contribution in [1.82, 2.24) is 15.2 Å². The van der Waals surface area contributed by atoms with Crippen molar-refractivity contribution in [2.75, 3.05) is 19.7 Å². The van der Waals surface area contributed by atoms with E-state index in [9.17, 15) is 9.18 Å². The van der Waals surface area contributed by atoms with Gasteiger partial charge in [0.15, 0.2) is 18.2 Å². The van der Waals surface area contributed by atoms with Crippen LogP contribution >= 0.6 is 0 Å². The zero-order chi connectivity index (χ0) is 18.4. The fourth-order valence-electron chi connectivity index (χ4n) is 3.12. The molecular weight excluding hydrogens is 333 g/mol. The lowest BCUT2D eigenvalue weighted by molar-refractivity contribution is -0.124. The molecule has 1 N–H and O–H groups in total. The zero-order valence-corrected chi connectivity index (χ0v) is 15.0. The summed E-state index contributed by atoms with van der Waals surface area (Å²) in [4.78, 5) is 18.6. The van der Waals surface area contributed by atoms with Crippen LogP contribution in [0.2, 0.25) is 0 Å². The molecule has 0 spiro atoms. The molecule has 1 fully saturated rings. The molecule has 3 rings (SSSR count). The van der Waals surface area contributed by atoms with Gasteiger partial charge in [-0.3, -0.25) is 14.7 Å². The Morgan fingerprint density at radius 1 is 1.35 bits per heavy atom. The molecule has 0 saturated carbocycles. The van der Waals surface area contributed by atoms with Crippen molar-refractivity contribution in [1.29, 1.82) is 0 Å². The molecule has 0 unspecified atom stereocenters. The Balaban J connectivity index is 1.40. The molecule has 1 aromatic carbocycles. The third-order valence-electron chi connectivity index (χ3n) is 4.53. The minimum Gasteiger partial charge on any atom is -0.481 e. The molecule has 26 heavy (non-hydrogen) atoms. The molecule has 0 bridgehead atoms. The number of benzene rings is 1. The summed E-state index contributed by atoms with van der Waals surface area (Å²) < 4.78 is 19.0. The Morgan fingerprint density at radius 2 is 2.15 bits per heavy atom. The van der Waals surface area contributed by atoms with Gasteiger partial charge in [-0.05, 0) is 49.1 Å². The maximum Gasteiger partial charge on any atom is 0.258 e. The molecule has 1 aliphatic heterocycles. The van der Waals surface area contributed by atoms with Gasteiger partial charge in [0.2, 0.25) is 0 Å². The first-order valence-electron chi connectivity index (χ1n) is 8.90. The van der Waals surface area contributed by atoms with Crippen molar-refractivity contribution < 1.29 is 13.9 Å². The van der Waals surface area contributed by atoms with E-state index in [0.717, 1.165) is 38.0 Å². The van der Waals surface area contributed by atoms with Crippen molar-refractivity contribution in [2.24, 2.45) is 0 Å². The number of hydrogen-bond acceptors (Lipinski definition) is 4. The number of rotatable bonds is 6. The molecular formula is C20H24FN3O2. The Hall–Kier alpha value is -2.47. The van der Waals surface area contributed by atoms with Crippen molar-refractivity contribution in [2.45, 2.75) is 32.4 Å². The summed E-state index contributed by atoms with van der Waals surface area (Å²) in [6.07, 6.45) is 5.45. The van der Waals surface area contributed by atoms with Crippen LogP contribution in [0.1, 0.15) is 24.0 Å². The first-order valence-corrected chi connectivity index (χ1v) is 8.90. The summed E-state index contributed by atoms with van der Waals surface area (Å²) in [5.41, 5.74) is 2.09. The van der Waals surface area contributed by atoms with Gasteiger partial charge in [-0.1, -0.05) is 12.1 Å². The lowest BCUT2D eigenvalue weighted by atomic mass is 10.0. The van der Waals surface area contributed by atoms with E-state index in [1.54, 1.807) is 18.3 Å². The maximum atomic E-state index is 13.6. The second kappa shape index (κ2) is 8.76. The molecule has 6 heteroatoms.